The van der Waals surface area contributed by atoms with E-state index in [2.05, 4.69) is 62.9 Å². The Morgan fingerprint density at radius 1 is 0.889 bits per heavy atom. The molecule has 0 amide bonds. The van der Waals surface area contributed by atoms with Gasteiger partial charge < -0.3 is 15.0 Å². The van der Waals surface area contributed by atoms with Gasteiger partial charge in [-0.2, -0.15) is 5.10 Å². The summed E-state index contributed by atoms with van der Waals surface area (Å²) in [5.74, 6) is 1.03. The molecule has 0 atom stereocenters. The molecule has 27 heavy (non-hydrogen) atoms. The number of benzene rings is 1. The van der Waals surface area contributed by atoms with Gasteiger partial charge in [-0.05, 0) is 17.2 Å². The third-order valence-corrected chi connectivity index (χ3v) is 4.68. The quantitative estimate of drug-likeness (QED) is 0.699. The summed E-state index contributed by atoms with van der Waals surface area (Å²) >= 11 is 0. The molecule has 0 saturated carbocycles. The molecule has 4 rings (SSSR count). The molecule has 3 heterocycles. The van der Waals surface area contributed by atoms with Gasteiger partial charge in [-0.3, -0.25) is 4.68 Å². The van der Waals surface area contributed by atoms with Crippen molar-refractivity contribution in [1.82, 2.24) is 20.1 Å². The van der Waals surface area contributed by atoms with Crippen LogP contribution in [0.2, 0.25) is 0 Å². The van der Waals surface area contributed by atoms with Crippen LogP contribution in [0.1, 0.15) is 16.7 Å². The average molecular weight is 363 g/mol. The smallest absolute Gasteiger partial charge is 0.128 e. The first-order valence-electron chi connectivity index (χ1n) is 9.40. The second-order valence-electron chi connectivity index (χ2n) is 6.76. The van der Waals surface area contributed by atoms with E-state index in [1.807, 2.05) is 23.1 Å². The number of nitrogens with one attached hydrogen (secondary N) is 1. The number of ether oxygens (including phenoxy) is 1. The third kappa shape index (κ3) is 4.93. The lowest BCUT2D eigenvalue weighted by Gasteiger charge is -2.27. The molecule has 1 N–H and O–H groups in total. The number of nitrogens with zero attached hydrogens (tertiary/aromatic N) is 4. The summed E-state index contributed by atoms with van der Waals surface area (Å²) in [7, 11) is 0. The first-order chi connectivity index (χ1) is 13.4. The van der Waals surface area contributed by atoms with Crippen LogP contribution in [0.4, 0.5) is 5.82 Å². The van der Waals surface area contributed by atoms with E-state index in [0.29, 0.717) is 0 Å². The Labute approximate surface area is 159 Å². The lowest BCUT2D eigenvalue weighted by Crippen LogP contribution is -2.36. The number of pyridine rings is 1. The average Bonchev–Trinajstić information content (AvgIpc) is 3.17. The van der Waals surface area contributed by atoms with Gasteiger partial charge in [-0.1, -0.05) is 36.4 Å². The number of hydrogen-bond acceptors (Lipinski definition) is 5. The van der Waals surface area contributed by atoms with Crippen molar-refractivity contribution in [2.75, 3.05) is 31.2 Å². The van der Waals surface area contributed by atoms with Crippen LogP contribution >= 0.6 is 0 Å². The van der Waals surface area contributed by atoms with Crippen molar-refractivity contribution in [3.8, 4) is 0 Å². The molecule has 0 unspecified atom stereocenters. The zero-order valence-corrected chi connectivity index (χ0v) is 15.4. The van der Waals surface area contributed by atoms with Gasteiger partial charge in [0.2, 0.25) is 0 Å². The molecule has 140 valence electrons. The third-order valence-electron chi connectivity index (χ3n) is 4.68. The number of morpholine rings is 1. The van der Waals surface area contributed by atoms with Crippen molar-refractivity contribution in [2.45, 2.75) is 19.6 Å². The minimum absolute atomic E-state index is 0.781. The Morgan fingerprint density at radius 2 is 1.70 bits per heavy atom. The van der Waals surface area contributed by atoms with Crippen LogP contribution in [-0.2, 0) is 24.4 Å². The van der Waals surface area contributed by atoms with Crippen LogP contribution in [-0.4, -0.2) is 41.1 Å². The second kappa shape index (κ2) is 8.79. The minimum Gasteiger partial charge on any atom is -0.378 e. The van der Waals surface area contributed by atoms with Crippen molar-refractivity contribution in [3.05, 3.63) is 77.7 Å². The fraction of sp³-hybridized carbons (Fsp3) is 0.333. The van der Waals surface area contributed by atoms with Crippen LogP contribution in [0.3, 0.4) is 0 Å². The molecule has 0 radical (unpaired) electrons. The Kier molecular flexibility index (Phi) is 5.76. The van der Waals surface area contributed by atoms with E-state index in [1.165, 1.54) is 16.7 Å². The van der Waals surface area contributed by atoms with Crippen molar-refractivity contribution < 1.29 is 4.74 Å². The molecular weight excluding hydrogens is 338 g/mol. The maximum atomic E-state index is 5.39. The van der Waals surface area contributed by atoms with Gasteiger partial charge in [0.05, 0.1) is 26.0 Å². The van der Waals surface area contributed by atoms with E-state index in [9.17, 15) is 0 Å². The topological polar surface area (TPSA) is 55.2 Å². The first kappa shape index (κ1) is 17.7. The standard InChI is InChI=1S/C21H25N5O/c1-2-4-18(5-3-1)16-26-17-20(15-24-26)13-22-12-19-6-7-21(23-14-19)25-8-10-27-11-9-25/h1-7,14-15,17,22H,8-13,16H2. The molecule has 1 aromatic carbocycles. The van der Waals surface area contributed by atoms with Crippen LogP contribution in [0.15, 0.2) is 61.1 Å². The van der Waals surface area contributed by atoms with Gasteiger partial charge in [-0.25, -0.2) is 4.98 Å². The van der Waals surface area contributed by atoms with Crippen LogP contribution < -0.4 is 10.2 Å². The van der Waals surface area contributed by atoms with Crippen molar-refractivity contribution in [3.63, 3.8) is 0 Å². The molecule has 1 aliphatic heterocycles. The molecule has 1 saturated heterocycles. The highest BCUT2D eigenvalue weighted by Gasteiger charge is 2.11. The summed E-state index contributed by atoms with van der Waals surface area (Å²) in [6.07, 6.45) is 5.98. The minimum atomic E-state index is 0.781. The summed E-state index contributed by atoms with van der Waals surface area (Å²) in [5.41, 5.74) is 3.62. The number of hydrogen-bond donors (Lipinski definition) is 1. The van der Waals surface area contributed by atoms with Gasteiger partial charge in [0.1, 0.15) is 5.82 Å². The fourth-order valence-corrected chi connectivity index (χ4v) is 3.21. The monoisotopic (exact) mass is 363 g/mol. The van der Waals surface area contributed by atoms with Crippen LogP contribution in [0.25, 0.3) is 0 Å². The Balaban J connectivity index is 1.25. The van der Waals surface area contributed by atoms with E-state index in [4.69, 9.17) is 4.74 Å². The van der Waals surface area contributed by atoms with Crippen LogP contribution in [0.5, 0.6) is 0 Å². The van der Waals surface area contributed by atoms with E-state index >= 15 is 0 Å². The highest BCUT2D eigenvalue weighted by molar-refractivity contribution is 5.39. The lowest BCUT2D eigenvalue weighted by atomic mass is 10.2. The molecular formula is C21H25N5O. The maximum absolute atomic E-state index is 5.39. The zero-order chi connectivity index (χ0) is 18.3. The summed E-state index contributed by atoms with van der Waals surface area (Å²) in [4.78, 5) is 6.86. The number of rotatable bonds is 7. The maximum Gasteiger partial charge on any atom is 0.128 e. The summed E-state index contributed by atoms with van der Waals surface area (Å²) in [6.45, 7) is 5.77. The lowest BCUT2D eigenvalue weighted by molar-refractivity contribution is 0.122. The Hall–Kier alpha value is -2.70. The van der Waals surface area contributed by atoms with Crippen molar-refractivity contribution in [1.29, 1.82) is 0 Å². The van der Waals surface area contributed by atoms with Gasteiger partial charge in [0, 0.05) is 44.1 Å². The van der Waals surface area contributed by atoms with Gasteiger partial charge in [0.25, 0.3) is 0 Å². The molecule has 6 nitrogen and oxygen atoms in total. The SMILES string of the molecule is c1ccc(Cn2cc(CNCc3ccc(N4CCOCC4)nc3)cn2)cc1. The number of aromatic nitrogens is 3. The summed E-state index contributed by atoms with van der Waals surface area (Å²) < 4.78 is 7.37. The summed E-state index contributed by atoms with van der Waals surface area (Å²) in [6, 6.07) is 14.6. The zero-order valence-electron chi connectivity index (χ0n) is 15.4. The van der Waals surface area contributed by atoms with Gasteiger partial charge >= 0.3 is 0 Å². The molecule has 0 bridgehead atoms. The van der Waals surface area contributed by atoms with E-state index in [1.54, 1.807) is 0 Å². The Morgan fingerprint density at radius 3 is 2.48 bits per heavy atom. The Bertz CT molecular complexity index is 825. The fourth-order valence-electron chi connectivity index (χ4n) is 3.21. The molecule has 1 fully saturated rings. The van der Waals surface area contributed by atoms with E-state index in [-0.39, 0.29) is 0 Å². The highest BCUT2D eigenvalue weighted by atomic mass is 16.5. The molecule has 1 aliphatic rings. The predicted molar refractivity (Wildman–Crippen MR) is 106 cm³/mol. The van der Waals surface area contributed by atoms with E-state index < -0.39 is 0 Å². The first-order valence-corrected chi connectivity index (χ1v) is 9.40. The summed E-state index contributed by atoms with van der Waals surface area (Å²) in [5, 5.41) is 7.92. The molecule has 6 heteroatoms. The second-order valence-corrected chi connectivity index (χ2v) is 6.76. The largest absolute Gasteiger partial charge is 0.378 e. The predicted octanol–water partition coefficient (Wildman–Crippen LogP) is 2.45. The van der Waals surface area contributed by atoms with E-state index in [0.717, 1.165) is 51.8 Å². The van der Waals surface area contributed by atoms with Gasteiger partial charge in [-0.15, -0.1) is 0 Å². The van der Waals surface area contributed by atoms with Crippen molar-refractivity contribution >= 4 is 5.82 Å². The highest BCUT2D eigenvalue weighted by Crippen LogP contribution is 2.13. The molecule has 2 aromatic heterocycles. The molecule has 0 spiro atoms. The van der Waals surface area contributed by atoms with Gasteiger partial charge in [0.15, 0.2) is 0 Å². The molecule has 0 aliphatic carbocycles. The molecule has 3 aromatic rings. The van der Waals surface area contributed by atoms with Crippen LogP contribution in [0, 0.1) is 0 Å². The number of anilines is 1. The van der Waals surface area contributed by atoms with Crippen molar-refractivity contribution in [2.24, 2.45) is 0 Å². The normalized spacial score (nSPS) is 14.4.